The first-order valence-corrected chi connectivity index (χ1v) is 6.55. The van der Waals surface area contributed by atoms with Crippen molar-refractivity contribution in [3.8, 4) is 0 Å². The summed E-state index contributed by atoms with van der Waals surface area (Å²) in [5.41, 5.74) is 7.64. The van der Waals surface area contributed by atoms with Crippen molar-refractivity contribution >= 4 is 22.4 Å². The van der Waals surface area contributed by atoms with Gasteiger partial charge in [0.2, 0.25) is 0 Å². The van der Waals surface area contributed by atoms with Crippen molar-refractivity contribution in [2.24, 2.45) is 11.7 Å². The smallest absolute Gasteiger partial charge is 0.0950 e. The Kier molecular flexibility index (Phi) is 3.03. The second kappa shape index (κ2) is 4.84. The number of hydrogen-bond acceptors (Lipinski definition) is 4. The fourth-order valence-corrected chi connectivity index (χ4v) is 2.68. The van der Waals surface area contributed by atoms with Gasteiger partial charge in [0.15, 0.2) is 0 Å². The Morgan fingerprint density at radius 1 is 1.26 bits per heavy atom. The van der Waals surface area contributed by atoms with E-state index in [0.29, 0.717) is 5.84 Å². The number of amidine groups is 1. The Balaban J connectivity index is 1.88. The van der Waals surface area contributed by atoms with Crippen LogP contribution in [-0.2, 0) is 0 Å². The van der Waals surface area contributed by atoms with Crippen molar-refractivity contribution in [3.05, 3.63) is 30.5 Å². The van der Waals surface area contributed by atoms with Crippen molar-refractivity contribution < 1.29 is 0 Å². The Bertz CT molecular complexity index is 596. The molecule has 98 valence electrons. The highest BCUT2D eigenvalue weighted by Crippen LogP contribution is 2.28. The Morgan fingerprint density at radius 2 is 2.00 bits per heavy atom. The lowest BCUT2D eigenvalue weighted by Crippen LogP contribution is -2.38. The van der Waals surface area contributed by atoms with E-state index < -0.39 is 0 Å². The van der Waals surface area contributed by atoms with Gasteiger partial charge in [0, 0.05) is 24.4 Å². The van der Waals surface area contributed by atoms with Crippen molar-refractivity contribution in [1.29, 1.82) is 5.41 Å². The molecule has 0 unspecified atom stereocenters. The molecular weight excluding hydrogens is 238 g/mol. The van der Waals surface area contributed by atoms with Crippen LogP contribution in [-0.4, -0.2) is 29.1 Å². The molecule has 1 aromatic carbocycles. The maximum Gasteiger partial charge on any atom is 0.0950 e. The monoisotopic (exact) mass is 255 g/mol. The second-order valence-corrected chi connectivity index (χ2v) is 4.96. The van der Waals surface area contributed by atoms with Crippen LogP contribution in [0.15, 0.2) is 30.5 Å². The number of nitrogens with two attached hydrogens (primary N) is 1. The average Bonchev–Trinajstić information content (AvgIpc) is 2.47. The summed E-state index contributed by atoms with van der Waals surface area (Å²) in [5.74, 6) is 0.551. The van der Waals surface area contributed by atoms with Crippen LogP contribution in [0.5, 0.6) is 0 Å². The lowest BCUT2D eigenvalue weighted by molar-refractivity contribution is 0.498. The van der Waals surface area contributed by atoms with Crippen LogP contribution < -0.4 is 10.6 Å². The van der Waals surface area contributed by atoms with E-state index in [1.165, 1.54) is 0 Å². The standard InChI is InChI=1S/C14H17N5/c15-14(16)10-5-7-19(8-6-10)13-9-17-18-12-4-2-1-3-11(12)13/h1-4,9-10H,5-8H2,(H3,15,16). The molecule has 1 aliphatic rings. The number of anilines is 1. The molecule has 0 saturated carbocycles. The molecule has 0 aliphatic carbocycles. The van der Waals surface area contributed by atoms with Gasteiger partial charge >= 0.3 is 0 Å². The predicted molar refractivity (Wildman–Crippen MR) is 76.4 cm³/mol. The third-order valence-corrected chi connectivity index (χ3v) is 3.80. The SMILES string of the molecule is N=C(N)C1CCN(c2cnnc3ccccc23)CC1. The maximum absolute atomic E-state index is 7.53. The molecule has 5 nitrogen and oxygen atoms in total. The van der Waals surface area contributed by atoms with E-state index in [1.807, 2.05) is 24.4 Å². The van der Waals surface area contributed by atoms with Gasteiger partial charge in [0.1, 0.15) is 0 Å². The number of piperidine rings is 1. The van der Waals surface area contributed by atoms with Gasteiger partial charge in [-0.3, -0.25) is 5.41 Å². The number of fused-ring (bicyclic) bond motifs is 1. The van der Waals surface area contributed by atoms with E-state index >= 15 is 0 Å². The highest BCUT2D eigenvalue weighted by atomic mass is 15.2. The van der Waals surface area contributed by atoms with Gasteiger partial charge in [-0.1, -0.05) is 18.2 Å². The molecule has 3 rings (SSSR count). The predicted octanol–water partition coefficient (Wildman–Crippen LogP) is 1.78. The lowest BCUT2D eigenvalue weighted by atomic mass is 9.95. The van der Waals surface area contributed by atoms with E-state index in [0.717, 1.165) is 42.5 Å². The molecular formula is C14H17N5. The Labute approximate surface area is 111 Å². The average molecular weight is 255 g/mol. The summed E-state index contributed by atoms with van der Waals surface area (Å²) < 4.78 is 0. The molecule has 0 bridgehead atoms. The number of benzene rings is 1. The minimum Gasteiger partial charge on any atom is -0.387 e. The molecule has 0 radical (unpaired) electrons. The van der Waals surface area contributed by atoms with Crippen molar-refractivity contribution in [2.75, 3.05) is 18.0 Å². The van der Waals surface area contributed by atoms with Gasteiger partial charge in [0.05, 0.1) is 23.2 Å². The second-order valence-electron chi connectivity index (χ2n) is 4.96. The number of aromatic nitrogens is 2. The van der Waals surface area contributed by atoms with E-state index in [-0.39, 0.29) is 5.92 Å². The quantitative estimate of drug-likeness (QED) is 0.633. The van der Waals surface area contributed by atoms with Gasteiger partial charge in [-0.05, 0) is 18.9 Å². The fourth-order valence-electron chi connectivity index (χ4n) is 2.68. The van der Waals surface area contributed by atoms with Crippen molar-refractivity contribution in [1.82, 2.24) is 10.2 Å². The van der Waals surface area contributed by atoms with Gasteiger partial charge in [-0.2, -0.15) is 10.2 Å². The lowest BCUT2D eigenvalue weighted by Gasteiger charge is -2.33. The van der Waals surface area contributed by atoms with E-state index in [4.69, 9.17) is 11.1 Å². The van der Waals surface area contributed by atoms with Gasteiger partial charge in [0.25, 0.3) is 0 Å². The molecule has 0 spiro atoms. The van der Waals surface area contributed by atoms with Crippen LogP contribution in [0.1, 0.15) is 12.8 Å². The van der Waals surface area contributed by atoms with E-state index in [1.54, 1.807) is 0 Å². The molecule has 3 N–H and O–H groups in total. The molecule has 1 aromatic heterocycles. The minimum absolute atomic E-state index is 0.234. The molecule has 5 heteroatoms. The molecule has 19 heavy (non-hydrogen) atoms. The van der Waals surface area contributed by atoms with E-state index in [2.05, 4.69) is 21.2 Å². The highest BCUT2D eigenvalue weighted by molar-refractivity contribution is 5.91. The topological polar surface area (TPSA) is 78.9 Å². The third-order valence-electron chi connectivity index (χ3n) is 3.80. The molecule has 1 saturated heterocycles. The highest BCUT2D eigenvalue weighted by Gasteiger charge is 2.22. The van der Waals surface area contributed by atoms with Crippen LogP contribution in [0.2, 0.25) is 0 Å². The summed E-state index contributed by atoms with van der Waals surface area (Å²) in [6.45, 7) is 1.83. The van der Waals surface area contributed by atoms with Gasteiger partial charge in [-0.15, -0.1) is 0 Å². The maximum atomic E-state index is 7.53. The first-order valence-electron chi connectivity index (χ1n) is 6.55. The van der Waals surface area contributed by atoms with Crippen LogP contribution in [0.25, 0.3) is 10.9 Å². The Morgan fingerprint density at radius 3 is 2.74 bits per heavy atom. The summed E-state index contributed by atoms with van der Waals surface area (Å²) in [5, 5.41) is 16.9. The summed E-state index contributed by atoms with van der Waals surface area (Å²) in [4.78, 5) is 2.32. The van der Waals surface area contributed by atoms with Gasteiger partial charge < -0.3 is 10.6 Å². The summed E-state index contributed by atoms with van der Waals surface area (Å²) in [6.07, 6.45) is 3.70. The molecule has 0 atom stereocenters. The zero-order valence-electron chi connectivity index (χ0n) is 10.7. The minimum atomic E-state index is 0.234. The first-order chi connectivity index (χ1) is 9.25. The molecule has 1 aliphatic heterocycles. The number of nitrogens with zero attached hydrogens (tertiary/aromatic N) is 3. The van der Waals surface area contributed by atoms with Crippen LogP contribution in [0.4, 0.5) is 5.69 Å². The number of nitrogens with one attached hydrogen (secondary N) is 1. The molecule has 0 amide bonds. The zero-order valence-corrected chi connectivity index (χ0v) is 10.7. The molecule has 2 aromatic rings. The largest absolute Gasteiger partial charge is 0.387 e. The van der Waals surface area contributed by atoms with Crippen LogP contribution >= 0.6 is 0 Å². The number of hydrogen-bond donors (Lipinski definition) is 2. The normalized spacial score (nSPS) is 16.7. The summed E-state index contributed by atoms with van der Waals surface area (Å²) >= 11 is 0. The molecule has 2 heterocycles. The van der Waals surface area contributed by atoms with E-state index in [9.17, 15) is 0 Å². The summed E-state index contributed by atoms with van der Waals surface area (Å²) in [6, 6.07) is 8.06. The van der Waals surface area contributed by atoms with Crippen LogP contribution in [0.3, 0.4) is 0 Å². The first kappa shape index (κ1) is 11.9. The van der Waals surface area contributed by atoms with Gasteiger partial charge in [-0.25, -0.2) is 0 Å². The van der Waals surface area contributed by atoms with Crippen LogP contribution in [0, 0.1) is 11.3 Å². The molecule has 1 fully saturated rings. The van der Waals surface area contributed by atoms with Crippen molar-refractivity contribution in [3.63, 3.8) is 0 Å². The Hall–Kier alpha value is -2.17. The van der Waals surface area contributed by atoms with Crippen molar-refractivity contribution in [2.45, 2.75) is 12.8 Å². The third kappa shape index (κ3) is 2.23. The number of rotatable bonds is 2. The summed E-state index contributed by atoms with van der Waals surface area (Å²) in [7, 11) is 0. The fraction of sp³-hybridized carbons (Fsp3) is 0.357. The zero-order chi connectivity index (χ0) is 13.2.